The number of phenols is 2. The lowest BCUT2D eigenvalue weighted by Crippen LogP contribution is -1.94. The summed E-state index contributed by atoms with van der Waals surface area (Å²) in [5, 5.41) is 20.3. The number of fused-ring (bicyclic) bond motifs is 3. The molecule has 0 bridgehead atoms. The average molecular weight is 386 g/mol. The van der Waals surface area contributed by atoms with Gasteiger partial charge in [0, 0.05) is 22.6 Å². The van der Waals surface area contributed by atoms with Crippen molar-refractivity contribution in [3.05, 3.63) is 88.9 Å². The molecule has 0 amide bonds. The Morgan fingerprint density at radius 1 is 0.714 bits per heavy atom. The van der Waals surface area contributed by atoms with Gasteiger partial charge in [-0.15, -0.1) is 0 Å². The summed E-state index contributed by atoms with van der Waals surface area (Å²) in [6.07, 6.45) is 0.759. The van der Waals surface area contributed by atoms with Crippen LogP contribution in [0.25, 0.3) is 33.6 Å². The second-order valence-corrected chi connectivity index (χ2v) is 7.39. The van der Waals surface area contributed by atoms with Crippen LogP contribution < -0.4 is 0 Å². The van der Waals surface area contributed by atoms with Gasteiger partial charge in [0.15, 0.2) is 0 Å². The van der Waals surface area contributed by atoms with E-state index in [-0.39, 0.29) is 11.5 Å². The Bertz CT molecular complexity index is 1200. The second-order valence-electron chi connectivity index (χ2n) is 6.95. The average Bonchev–Trinajstić information content (AvgIpc) is 3.06. The predicted octanol–water partition coefficient (Wildman–Crippen LogP) is 6.05. The largest absolute Gasteiger partial charge is 0.508 e. The fraction of sp³-hybridized carbons (Fsp3) is 0.0417. The van der Waals surface area contributed by atoms with Crippen molar-refractivity contribution in [1.29, 1.82) is 0 Å². The summed E-state index contributed by atoms with van der Waals surface area (Å²) in [5.74, 6) is 0.470. The molecule has 1 aliphatic carbocycles. The van der Waals surface area contributed by atoms with Crippen LogP contribution in [0.1, 0.15) is 11.1 Å². The first-order valence-corrected chi connectivity index (χ1v) is 9.38. The lowest BCUT2D eigenvalue weighted by Gasteiger charge is -2.12. The van der Waals surface area contributed by atoms with Crippen LogP contribution in [0, 0.1) is 0 Å². The van der Waals surface area contributed by atoms with Crippen LogP contribution in [-0.2, 0) is 6.42 Å². The number of rotatable bonds is 2. The van der Waals surface area contributed by atoms with Crippen molar-refractivity contribution in [1.82, 2.24) is 4.98 Å². The number of aromatic nitrogens is 1. The predicted molar refractivity (Wildman–Crippen MR) is 112 cm³/mol. The molecule has 28 heavy (non-hydrogen) atoms. The van der Waals surface area contributed by atoms with Crippen LogP contribution in [0.5, 0.6) is 11.5 Å². The standard InChI is InChI=1S/C24H16ClNO2/c25-17-6-1-15(2-7-17)23-13-20(14-3-8-18(27)9-4-14)22-11-16-5-10-19(28)12-21(16)24(22)26-23/h1-10,12-13,27-28H,11H2. The van der Waals surface area contributed by atoms with Gasteiger partial charge in [0.25, 0.3) is 0 Å². The summed E-state index contributed by atoms with van der Waals surface area (Å²) in [6, 6.07) is 22.4. The van der Waals surface area contributed by atoms with Crippen LogP contribution in [0.15, 0.2) is 72.8 Å². The molecule has 1 aliphatic rings. The summed E-state index contributed by atoms with van der Waals surface area (Å²) in [7, 11) is 0. The Morgan fingerprint density at radius 3 is 2.14 bits per heavy atom. The smallest absolute Gasteiger partial charge is 0.116 e. The number of hydrogen-bond donors (Lipinski definition) is 2. The number of pyridine rings is 1. The molecule has 3 aromatic carbocycles. The topological polar surface area (TPSA) is 53.4 Å². The Labute approximate surface area is 167 Å². The number of aromatic hydroxyl groups is 2. The number of hydrogen-bond acceptors (Lipinski definition) is 3. The van der Waals surface area contributed by atoms with Gasteiger partial charge >= 0.3 is 0 Å². The summed E-state index contributed by atoms with van der Waals surface area (Å²) in [6.45, 7) is 0. The van der Waals surface area contributed by atoms with Gasteiger partial charge in [-0.1, -0.05) is 41.9 Å². The van der Waals surface area contributed by atoms with Crippen molar-refractivity contribution in [2.24, 2.45) is 0 Å². The van der Waals surface area contributed by atoms with Gasteiger partial charge in [-0.05, 0) is 64.7 Å². The third-order valence-electron chi connectivity index (χ3n) is 5.16. The third kappa shape index (κ3) is 2.81. The van der Waals surface area contributed by atoms with E-state index < -0.39 is 0 Å². The Morgan fingerprint density at radius 2 is 1.39 bits per heavy atom. The molecule has 136 valence electrons. The molecule has 0 saturated heterocycles. The van der Waals surface area contributed by atoms with Crippen LogP contribution >= 0.6 is 11.6 Å². The van der Waals surface area contributed by atoms with Crippen molar-refractivity contribution in [2.45, 2.75) is 6.42 Å². The maximum Gasteiger partial charge on any atom is 0.116 e. The summed E-state index contributed by atoms with van der Waals surface area (Å²) in [5.41, 5.74) is 8.04. The van der Waals surface area contributed by atoms with Crippen molar-refractivity contribution in [3.63, 3.8) is 0 Å². The van der Waals surface area contributed by atoms with Gasteiger partial charge in [-0.2, -0.15) is 0 Å². The molecule has 0 saturated carbocycles. The van der Waals surface area contributed by atoms with Crippen molar-refractivity contribution < 1.29 is 10.2 Å². The van der Waals surface area contributed by atoms with E-state index in [4.69, 9.17) is 16.6 Å². The summed E-state index contributed by atoms with van der Waals surface area (Å²) in [4.78, 5) is 4.94. The fourth-order valence-corrected chi connectivity index (χ4v) is 3.90. The van der Waals surface area contributed by atoms with E-state index in [1.54, 1.807) is 24.3 Å². The molecule has 5 rings (SSSR count). The van der Waals surface area contributed by atoms with E-state index >= 15 is 0 Å². The first-order chi connectivity index (χ1) is 13.6. The highest BCUT2D eigenvalue weighted by atomic mass is 35.5. The van der Waals surface area contributed by atoms with E-state index in [0.29, 0.717) is 5.02 Å². The SMILES string of the molecule is Oc1ccc(-c2cc(-c3ccc(Cl)cc3)nc3c2Cc2ccc(O)cc2-3)cc1. The molecular formula is C24H16ClNO2. The monoisotopic (exact) mass is 385 g/mol. The molecule has 0 atom stereocenters. The maximum atomic E-state index is 9.99. The van der Waals surface area contributed by atoms with Crippen LogP contribution in [0.4, 0.5) is 0 Å². The molecule has 0 fully saturated rings. The molecule has 2 N–H and O–H groups in total. The van der Waals surface area contributed by atoms with E-state index in [1.807, 2.05) is 42.5 Å². The van der Waals surface area contributed by atoms with Crippen LogP contribution in [0.2, 0.25) is 5.02 Å². The zero-order chi connectivity index (χ0) is 19.3. The Hall–Kier alpha value is -3.30. The van der Waals surface area contributed by atoms with Crippen molar-refractivity contribution in [2.75, 3.05) is 0 Å². The zero-order valence-electron chi connectivity index (χ0n) is 14.9. The quantitative estimate of drug-likeness (QED) is 0.389. The molecule has 1 aromatic heterocycles. The van der Waals surface area contributed by atoms with E-state index in [0.717, 1.165) is 51.2 Å². The summed E-state index contributed by atoms with van der Waals surface area (Å²) >= 11 is 6.05. The number of halogens is 1. The maximum absolute atomic E-state index is 9.99. The van der Waals surface area contributed by atoms with Gasteiger partial charge in [-0.3, -0.25) is 0 Å². The molecule has 0 radical (unpaired) electrons. The molecule has 0 spiro atoms. The molecule has 0 aliphatic heterocycles. The molecule has 0 unspecified atom stereocenters. The third-order valence-corrected chi connectivity index (χ3v) is 5.41. The van der Waals surface area contributed by atoms with Gasteiger partial charge in [0.1, 0.15) is 11.5 Å². The minimum Gasteiger partial charge on any atom is -0.508 e. The zero-order valence-corrected chi connectivity index (χ0v) is 15.6. The molecule has 1 heterocycles. The van der Waals surface area contributed by atoms with E-state index in [2.05, 4.69) is 6.07 Å². The van der Waals surface area contributed by atoms with E-state index in [1.165, 1.54) is 0 Å². The number of benzene rings is 3. The van der Waals surface area contributed by atoms with Gasteiger partial charge in [-0.25, -0.2) is 4.98 Å². The minimum absolute atomic E-state index is 0.233. The fourth-order valence-electron chi connectivity index (χ4n) is 3.77. The second kappa shape index (κ2) is 6.39. The first kappa shape index (κ1) is 16.8. The highest BCUT2D eigenvalue weighted by Crippen LogP contribution is 2.43. The van der Waals surface area contributed by atoms with Crippen LogP contribution in [-0.4, -0.2) is 15.2 Å². The van der Waals surface area contributed by atoms with Gasteiger partial charge in [0.05, 0.1) is 11.4 Å². The summed E-state index contributed by atoms with van der Waals surface area (Å²) < 4.78 is 0. The lowest BCUT2D eigenvalue weighted by molar-refractivity contribution is 0.475. The van der Waals surface area contributed by atoms with E-state index in [9.17, 15) is 10.2 Å². The molecule has 4 aromatic rings. The number of phenolic OH excluding ortho intramolecular Hbond substituents is 2. The van der Waals surface area contributed by atoms with Crippen LogP contribution in [0.3, 0.4) is 0 Å². The minimum atomic E-state index is 0.233. The van der Waals surface area contributed by atoms with Crippen molar-refractivity contribution in [3.8, 4) is 45.1 Å². The van der Waals surface area contributed by atoms with Crippen molar-refractivity contribution >= 4 is 11.6 Å². The van der Waals surface area contributed by atoms with Gasteiger partial charge < -0.3 is 10.2 Å². The first-order valence-electron chi connectivity index (χ1n) is 9.00. The molecule has 3 nitrogen and oxygen atoms in total. The lowest BCUT2D eigenvalue weighted by atomic mass is 9.96. The normalized spacial score (nSPS) is 11.9. The van der Waals surface area contributed by atoms with Gasteiger partial charge in [0.2, 0.25) is 0 Å². The molecular weight excluding hydrogens is 370 g/mol. The molecule has 4 heteroatoms. The number of nitrogens with zero attached hydrogens (tertiary/aromatic N) is 1. The Balaban J connectivity index is 1.77. The highest BCUT2D eigenvalue weighted by Gasteiger charge is 2.25. The Kier molecular flexibility index (Phi) is 3.85. The highest BCUT2D eigenvalue weighted by molar-refractivity contribution is 6.30.